The van der Waals surface area contributed by atoms with E-state index in [0.29, 0.717) is 13.1 Å². The lowest BCUT2D eigenvalue weighted by Crippen LogP contribution is -2.47. The molecule has 132 valence electrons. The van der Waals surface area contributed by atoms with E-state index in [2.05, 4.69) is 20.4 Å². The molecule has 0 unspecified atom stereocenters. The number of carbonyl (C=O) groups excluding carboxylic acids is 1. The molecule has 1 aromatic heterocycles. The molecule has 1 aliphatic heterocycles. The van der Waals surface area contributed by atoms with Crippen molar-refractivity contribution in [3.05, 3.63) is 48.2 Å². The van der Waals surface area contributed by atoms with Crippen molar-refractivity contribution in [3.63, 3.8) is 0 Å². The molecule has 1 saturated heterocycles. The number of anilines is 2. The highest BCUT2D eigenvalue weighted by atomic mass is 19.1. The molecule has 0 atom stereocenters. The summed E-state index contributed by atoms with van der Waals surface area (Å²) in [5.41, 5.74) is -0.0230. The van der Waals surface area contributed by atoms with Crippen LogP contribution in [-0.4, -0.2) is 47.3 Å². The number of rotatable bonds is 3. The minimum Gasteiger partial charge on any atom is -0.355 e. The number of aromatic nitrogens is 2. The van der Waals surface area contributed by atoms with Gasteiger partial charge in [-0.3, -0.25) is 0 Å². The molecule has 0 spiro atoms. The minimum absolute atomic E-state index is 0.0230. The Morgan fingerprint density at radius 2 is 2.04 bits per heavy atom. The molecule has 0 bridgehead atoms. The Morgan fingerprint density at radius 1 is 1.28 bits per heavy atom. The van der Waals surface area contributed by atoms with Crippen LogP contribution in [0, 0.1) is 11.6 Å². The van der Waals surface area contributed by atoms with E-state index in [1.54, 1.807) is 11.1 Å². The molecule has 8 heteroatoms. The standard InChI is InChI=1S/C17H19F2N5O/c1-23(16-3-2-8-20-22-16)13-6-9-24(10-7-13)17(25)21-15-5-4-12(18)11-14(15)19/h2-5,8,11,13H,6-7,9-10H2,1H3,(H,21,25). The van der Waals surface area contributed by atoms with Crippen LogP contribution in [0.2, 0.25) is 0 Å². The summed E-state index contributed by atoms with van der Waals surface area (Å²) in [6, 6.07) is 6.67. The topological polar surface area (TPSA) is 61.4 Å². The number of likely N-dealkylation sites (tertiary alicyclic amines) is 1. The number of benzene rings is 1. The van der Waals surface area contributed by atoms with Crippen molar-refractivity contribution in [1.29, 1.82) is 0 Å². The van der Waals surface area contributed by atoms with Gasteiger partial charge in [0.2, 0.25) is 0 Å². The van der Waals surface area contributed by atoms with Crippen LogP contribution in [0.1, 0.15) is 12.8 Å². The number of amides is 2. The lowest BCUT2D eigenvalue weighted by atomic mass is 10.0. The fraction of sp³-hybridized carbons (Fsp3) is 0.353. The van der Waals surface area contributed by atoms with Crippen molar-refractivity contribution in [1.82, 2.24) is 15.1 Å². The molecule has 1 N–H and O–H groups in total. The highest BCUT2D eigenvalue weighted by Crippen LogP contribution is 2.21. The van der Waals surface area contributed by atoms with E-state index in [0.717, 1.165) is 30.8 Å². The van der Waals surface area contributed by atoms with E-state index in [9.17, 15) is 13.6 Å². The van der Waals surface area contributed by atoms with Crippen molar-refractivity contribution in [2.75, 3.05) is 30.4 Å². The molecule has 2 amide bonds. The van der Waals surface area contributed by atoms with Gasteiger partial charge >= 0.3 is 6.03 Å². The predicted molar refractivity (Wildman–Crippen MR) is 90.4 cm³/mol. The maximum Gasteiger partial charge on any atom is 0.321 e. The number of nitrogens with one attached hydrogen (secondary N) is 1. The number of hydrogen-bond acceptors (Lipinski definition) is 4. The highest BCUT2D eigenvalue weighted by molar-refractivity contribution is 5.89. The molecule has 2 heterocycles. The summed E-state index contributed by atoms with van der Waals surface area (Å²) >= 11 is 0. The van der Waals surface area contributed by atoms with Crippen LogP contribution in [0.15, 0.2) is 36.5 Å². The van der Waals surface area contributed by atoms with Crippen molar-refractivity contribution < 1.29 is 13.6 Å². The van der Waals surface area contributed by atoms with Crippen molar-refractivity contribution in [3.8, 4) is 0 Å². The summed E-state index contributed by atoms with van der Waals surface area (Å²) in [4.78, 5) is 16.0. The van der Waals surface area contributed by atoms with Gasteiger partial charge in [0.05, 0.1) is 5.69 Å². The summed E-state index contributed by atoms with van der Waals surface area (Å²) in [5.74, 6) is -0.673. The lowest BCUT2D eigenvalue weighted by molar-refractivity contribution is 0.194. The van der Waals surface area contributed by atoms with Crippen LogP contribution in [0.5, 0.6) is 0 Å². The Hall–Kier alpha value is -2.77. The number of hydrogen-bond donors (Lipinski definition) is 1. The van der Waals surface area contributed by atoms with Crippen LogP contribution < -0.4 is 10.2 Å². The van der Waals surface area contributed by atoms with Gasteiger partial charge in [-0.1, -0.05) is 0 Å². The fourth-order valence-corrected chi connectivity index (χ4v) is 2.91. The average Bonchev–Trinajstić information content (AvgIpc) is 2.64. The second kappa shape index (κ2) is 7.42. The maximum absolute atomic E-state index is 13.6. The summed E-state index contributed by atoms with van der Waals surface area (Å²) in [6.45, 7) is 1.09. The minimum atomic E-state index is -0.786. The molecule has 1 fully saturated rings. The van der Waals surface area contributed by atoms with E-state index in [4.69, 9.17) is 0 Å². The molecule has 0 aliphatic carbocycles. The predicted octanol–water partition coefficient (Wildman–Crippen LogP) is 2.89. The van der Waals surface area contributed by atoms with Gasteiger partial charge in [0.1, 0.15) is 11.6 Å². The first-order valence-electron chi connectivity index (χ1n) is 8.06. The maximum atomic E-state index is 13.6. The zero-order valence-electron chi connectivity index (χ0n) is 13.8. The quantitative estimate of drug-likeness (QED) is 0.927. The second-order valence-corrected chi connectivity index (χ2v) is 5.97. The molecule has 2 aromatic rings. The Balaban J connectivity index is 1.55. The Labute approximate surface area is 144 Å². The molecular formula is C17H19F2N5O. The smallest absolute Gasteiger partial charge is 0.321 e. The molecule has 25 heavy (non-hydrogen) atoms. The van der Waals surface area contributed by atoms with Crippen LogP contribution in [-0.2, 0) is 0 Å². The molecule has 3 rings (SSSR count). The highest BCUT2D eigenvalue weighted by Gasteiger charge is 2.26. The van der Waals surface area contributed by atoms with Gasteiger partial charge in [0.25, 0.3) is 0 Å². The first kappa shape index (κ1) is 17.1. The van der Waals surface area contributed by atoms with Crippen molar-refractivity contribution >= 4 is 17.5 Å². The largest absolute Gasteiger partial charge is 0.355 e. The van der Waals surface area contributed by atoms with E-state index in [1.165, 1.54) is 6.07 Å². The Morgan fingerprint density at radius 3 is 2.68 bits per heavy atom. The molecule has 6 nitrogen and oxygen atoms in total. The van der Waals surface area contributed by atoms with E-state index < -0.39 is 11.6 Å². The zero-order valence-corrected chi connectivity index (χ0v) is 13.8. The average molecular weight is 347 g/mol. The van der Waals surface area contributed by atoms with Crippen LogP contribution in [0.4, 0.5) is 25.1 Å². The first-order chi connectivity index (χ1) is 12.0. The Bertz CT molecular complexity index is 735. The number of nitrogens with zero attached hydrogens (tertiary/aromatic N) is 4. The van der Waals surface area contributed by atoms with Crippen LogP contribution in [0.3, 0.4) is 0 Å². The van der Waals surface area contributed by atoms with Crippen LogP contribution >= 0.6 is 0 Å². The van der Waals surface area contributed by atoms with Gasteiger partial charge in [-0.25, -0.2) is 13.6 Å². The summed E-state index contributed by atoms with van der Waals surface area (Å²) in [7, 11) is 1.96. The van der Waals surface area contributed by atoms with Gasteiger partial charge in [0.15, 0.2) is 5.82 Å². The molecule has 1 aliphatic rings. The van der Waals surface area contributed by atoms with Gasteiger partial charge in [0, 0.05) is 38.4 Å². The molecular weight excluding hydrogens is 328 g/mol. The summed E-state index contributed by atoms with van der Waals surface area (Å²) in [5, 5.41) is 10.5. The van der Waals surface area contributed by atoms with Gasteiger partial charge in [-0.05, 0) is 37.1 Å². The monoisotopic (exact) mass is 347 g/mol. The van der Waals surface area contributed by atoms with E-state index >= 15 is 0 Å². The normalized spacial score (nSPS) is 15.1. The fourth-order valence-electron chi connectivity index (χ4n) is 2.91. The number of piperidine rings is 1. The number of carbonyl (C=O) groups is 1. The second-order valence-electron chi connectivity index (χ2n) is 5.97. The Kier molecular flexibility index (Phi) is 5.06. The van der Waals surface area contributed by atoms with Gasteiger partial charge in [-0.2, -0.15) is 5.10 Å². The SMILES string of the molecule is CN(c1cccnn1)C1CCN(C(=O)Nc2ccc(F)cc2F)CC1. The van der Waals surface area contributed by atoms with E-state index in [1.807, 2.05) is 19.2 Å². The zero-order chi connectivity index (χ0) is 17.8. The van der Waals surface area contributed by atoms with Crippen LogP contribution in [0.25, 0.3) is 0 Å². The van der Waals surface area contributed by atoms with Gasteiger partial charge < -0.3 is 15.1 Å². The van der Waals surface area contributed by atoms with Crippen molar-refractivity contribution in [2.45, 2.75) is 18.9 Å². The summed E-state index contributed by atoms with van der Waals surface area (Å²) in [6.07, 6.45) is 3.16. The van der Waals surface area contributed by atoms with E-state index in [-0.39, 0.29) is 17.8 Å². The summed E-state index contributed by atoms with van der Waals surface area (Å²) < 4.78 is 26.6. The van der Waals surface area contributed by atoms with Crippen molar-refractivity contribution in [2.24, 2.45) is 0 Å². The number of urea groups is 1. The van der Waals surface area contributed by atoms with Gasteiger partial charge in [-0.15, -0.1) is 5.10 Å². The molecule has 1 aromatic carbocycles. The third-order valence-corrected chi connectivity index (χ3v) is 4.39. The lowest BCUT2D eigenvalue weighted by Gasteiger charge is -2.37. The molecule has 0 radical (unpaired) electrons. The number of halogens is 2. The third-order valence-electron chi connectivity index (χ3n) is 4.39. The third kappa shape index (κ3) is 4.01. The molecule has 0 saturated carbocycles. The first-order valence-corrected chi connectivity index (χ1v) is 8.06.